The van der Waals surface area contributed by atoms with Gasteiger partial charge in [-0.3, -0.25) is 13.8 Å². The molecule has 0 bridgehead atoms. The zero-order valence-corrected chi connectivity index (χ0v) is 51.4. The Morgan fingerprint density at radius 1 is 0.440 bits per heavy atom. The maximum Gasteiger partial charge on any atom is 0.472 e. The number of aliphatic hydroxyl groups is 1. The zero-order chi connectivity index (χ0) is 54.9. The summed E-state index contributed by atoms with van der Waals surface area (Å²) in [5, 5.41) is 13.9. The van der Waals surface area contributed by atoms with Crippen molar-refractivity contribution in [3.8, 4) is 0 Å². The van der Waals surface area contributed by atoms with Crippen LogP contribution in [0.4, 0.5) is 0 Å². The van der Waals surface area contributed by atoms with Crippen molar-refractivity contribution in [2.45, 2.75) is 328 Å². The van der Waals surface area contributed by atoms with Gasteiger partial charge in [-0.1, -0.05) is 294 Å². The van der Waals surface area contributed by atoms with Gasteiger partial charge in [0.05, 0.1) is 39.9 Å². The van der Waals surface area contributed by atoms with Crippen LogP contribution in [0.3, 0.4) is 0 Å². The fraction of sp³-hybridized carbons (Fsp3) is 0.864. The van der Waals surface area contributed by atoms with Gasteiger partial charge >= 0.3 is 7.82 Å². The van der Waals surface area contributed by atoms with Crippen molar-refractivity contribution in [1.82, 2.24) is 5.32 Å². The van der Waals surface area contributed by atoms with E-state index in [1.807, 2.05) is 27.2 Å². The van der Waals surface area contributed by atoms with Crippen LogP contribution in [0, 0.1) is 0 Å². The molecule has 3 N–H and O–H groups in total. The molecule has 0 aliphatic heterocycles. The number of phosphoric acid groups is 1. The van der Waals surface area contributed by atoms with Crippen LogP contribution in [0.2, 0.25) is 0 Å². The molecule has 0 aliphatic carbocycles. The number of likely N-dealkylation sites (N-methyl/N-ethyl adjacent to an activating group) is 1. The average molecular weight is 1080 g/mol. The monoisotopic (exact) mass is 1080 g/mol. The summed E-state index contributed by atoms with van der Waals surface area (Å²) in [5.74, 6) is -0.188. The Labute approximate surface area is 467 Å². The van der Waals surface area contributed by atoms with Crippen LogP contribution in [0.1, 0.15) is 316 Å². The van der Waals surface area contributed by atoms with Gasteiger partial charge in [0.15, 0.2) is 0 Å². The molecular weight excluding hydrogens is 948 g/mol. The Morgan fingerprint density at radius 3 is 1.11 bits per heavy atom. The Bertz CT molecular complexity index is 1360. The Kier molecular flexibility index (Phi) is 56.0. The van der Waals surface area contributed by atoms with Crippen molar-refractivity contribution in [2.24, 2.45) is 0 Å². The van der Waals surface area contributed by atoms with Crippen LogP contribution in [0.5, 0.6) is 0 Å². The second kappa shape index (κ2) is 57.2. The predicted octanol–water partition coefficient (Wildman–Crippen LogP) is 20.3. The highest BCUT2D eigenvalue weighted by atomic mass is 31.2. The highest BCUT2D eigenvalue weighted by Gasteiger charge is 2.27. The van der Waals surface area contributed by atoms with E-state index >= 15 is 0 Å². The molecule has 3 unspecified atom stereocenters. The summed E-state index contributed by atoms with van der Waals surface area (Å²) in [5.41, 5.74) is 0. The van der Waals surface area contributed by atoms with E-state index in [9.17, 15) is 19.4 Å². The van der Waals surface area contributed by atoms with E-state index in [-0.39, 0.29) is 19.1 Å². The molecule has 442 valence electrons. The summed E-state index contributed by atoms with van der Waals surface area (Å²) >= 11 is 0. The molecule has 0 heterocycles. The van der Waals surface area contributed by atoms with E-state index in [0.29, 0.717) is 17.4 Å². The molecule has 3 atom stereocenters. The van der Waals surface area contributed by atoms with Gasteiger partial charge in [-0.15, -0.1) is 0 Å². The van der Waals surface area contributed by atoms with E-state index in [0.717, 1.165) is 51.4 Å². The summed E-state index contributed by atoms with van der Waals surface area (Å²) in [7, 11) is 1.55. The molecule has 75 heavy (non-hydrogen) atoms. The standard InChI is InChI=1S/C66H127N2O6P/c1-6-8-10-12-14-16-18-20-21-22-23-24-25-26-27-28-29-30-31-32-33-34-35-36-37-38-39-40-41-42-43-44-45-46-47-48-50-52-54-56-58-60-66(70)67-64(63-74-75(71,72)73-62-61-68(3,4)5)65(69)59-57-55-53-51-49-19-17-15-13-11-9-7-2/h13,15,22-23,49,51,57,59,64-65,69H,6-12,14,16-21,24-48,50,52-56,58,60-63H2,1-5H3,(H-,67,70,71,72)/p+1/b15-13+,23-22-,51-49+,59-57+. The number of quaternary nitrogens is 1. The van der Waals surface area contributed by atoms with Crippen molar-refractivity contribution in [1.29, 1.82) is 0 Å². The van der Waals surface area contributed by atoms with Crippen LogP contribution >= 0.6 is 7.82 Å². The van der Waals surface area contributed by atoms with Gasteiger partial charge in [-0.25, -0.2) is 4.57 Å². The smallest absolute Gasteiger partial charge is 0.387 e. The number of aliphatic hydroxyl groups excluding tert-OH is 1. The number of unbranched alkanes of at least 4 members (excludes halogenated alkanes) is 41. The highest BCUT2D eigenvalue weighted by molar-refractivity contribution is 7.47. The van der Waals surface area contributed by atoms with E-state index in [4.69, 9.17) is 9.05 Å². The van der Waals surface area contributed by atoms with Crippen molar-refractivity contribution < 1.29 is 32.9 Å². The number of carbonyl (C=O) groups is 1. The first-order valence-electron chi connectivity index (χ1n) is 32.5. The summed E-state index contributed by atoms with van der Waals surface area (Å²) in [6.45, 7) is 4.76. The van der Waals surface area contributed by atoms with Crippen LogP contribution in [0.25, 0.3) is 0 Å². The molecule has 8 nitrogen and oxygen atoms in total. The molecule has 0 fully saturated rings. The number of carbonyl (C=O) groups excluding carboxylic acids is 1. The molecule has 9 heteroatoms. The number of nitrogens with one attached hydrogen (secondary N) is 1. The fourth-order valence-electron chi connectivity index (χ4n) is 9.65. The fourth-order valence-corrected chi connectivity index (χ4v) is 10.4. The van der Waals surface area contributed by atoms with Gasteiger partial charge in [0, 0.05) is 6.42 Å². The molecule has 0 saturated heterocycles. The first-order valence-corrected chi connectivity index (χ1v) is 34.0. The van der Waals surface area contributed by atoms with Gasteiger partial charge in [0.25, 0.3) is 0 Å². The van der Waals surface area contributed by atoms with Crippen LogP contribution in [0.15, 0.2) is 48.6 Å². The minimum Gasteiger partial charge on any atom is -0.387 e. The van der Waals surface area contributed by atoms with Crippen LogP contribution in [-0.4, -0.2) is 73.4 Å². The molecule has 0 spiro atoms. The molecule has 0 rings (SSSR count). The Hall–Kier alpha value is -1.54. The first-order chi connectivity index (χ1) is 36.5. The lowest BCUT2D eigenvalue weighted by molar-refractivity contribution is -0.870. The number of rotatable bonds is 60. The minimum atomic E-state index is -4.35. The van der Waals surface area contributed by atoms with Crippen molar-refractivity contribution >= 4 is 13.7 Å². The van der Waals surface area contributed by atoms with Gasteiger partial charge in [-0.2, -0.15) is 0 Å². The summed E-state index contributed by atoms with van der Waals surface area (Å²) in [4.78, 5) is 23.2. The van der Waals surface area contributed by atoms with Crippen LogP contribution in [-0.2, 0) is 18.4 Å². The second-order valence-corrected chi connectivity index (χ2v) is 24.9. The van der Waals surface area contributed by atoms with Crippen LogP contribution < -0.4 is 5.32 Å². The Morgan fingerprint density at radius 2 is 0.747 bits per heavy atom. The maximum atomic E-state index is 13.0. The average Bonchev–Trinajstić information content (AvgIpc) is 3.37. The molecule has 0 aromatic carbocycles. The number of phosphoric ester groups is 1. The van der Waals surface area contributed by atoms with E-state index < -0.39 is 20.0 Å². The molecule has 0 aliphatic rings. The van der Waals surface area contributed by atoms with Gasteiger partial charge in [0.2, 0.25) is 5.91 Å². The second-order valence-electron chi connectivity index (χ2n) is 23.5. The summed E-state index contributed by atoms with van der Waals surface area (Å²) in [6.07, 6.45) is 77.2. The molecular formula is C66H128N2O6P+. The number of allylic oxidation sites excluding steroid dienone is 7. The quantitative estimate of drug-likeness (QED) is 0.0243. The largest absolute Gasteiger partial charge is 0.472 e. The van der Waals surface area contributed by atoms with E-state index in [1.54, 1.807) is 6.08 Å². The van der Waals surface area contributed by atoms with Crippen molar-refractivity contribution in [2.75, 3.05) is 40.9 Å². The molecule has 0 aromatic heterocycles. The topological polar surface area (TPSA) is 105 Å². The van der Waals surface area contributed by atoms with E-state index in [1.165, 1.54) is 244 Å². The lowest BCUT2D eigenvalue weighted by Gasteiger charge is -2.25. The molecule has 0 radical (unpaired) electrons. The summed E-state index contributed by atoms with van der Waals surface area (Å²) in [6, 6.07) is -0.868. The number of nitrogens with zero attached hydrogens (tertiary/aromatic N) is 1. The highest BCUT2D eigenvalue weighted by Crippen LogP contribution is 2.43. The zero-order valence-electron chi connectivity index (χ0n) is 50.6. The van der Waals surface area contributed by atoms with Crippen molar-refractivity contribution in [3.63, 3.8) is 0 Å². The van der Waals surface area contributed by atoms with Gasteiger partial charge in [-0.05, 0) is 64.2 Å². The molecule has 0 saturated carbocycles. The number of hydrogen-bond donors (Lipinski definition) is 3. The normalized spacial score (nSPS) is 14.1. The number of hydrogen-bond acceptors (Lipinski definition) is 5. The summed E-state index contributed by atoms with van der Waals surface area (Å²) < 4.78 is 23.6. The molecule has 1 amide bonds. The third-order valence-corrected chi connectivity index (χ3v) is 15.7. The minimum absolute atomic E-state index is 0.0542. The van der Waals surface area contributed by atoms with Gasteiger partial charge < -0.3 is 19.8 Å². The molecule has 0 aromatic rings. The maximum absolute atomic E-state index is 13.0. The SMILES string of the molecule is CCCC/C=C/CC/C=C/CC/C=C/C(O)C(COP(=O)(O)OCC[N+](C)(C)C)NC(=O)CCCCCCCCCCCCCCCCCCCCCCCCCCCCCCC/C=C\CCCCCCCCCC. The van der Waals surface area contributed by atoms with Crippen molar-refractivity contribution in [3.05, 3.63) is 48.6 Å². The predicted molar refractivity (Wildman–Crippen MR) is 327 cm³/mol. The lowest BCUT2D eigenvalue weighted by atomic mass is 10.0. The van der Waals surface area contributed by atoms with E-state index in [2.05, 4.69) is 55.6 Å². The number of amides is 1. The third kappa shape index (κ3) is 60.0. The first kappa shape index (κ1) is 73.5. The van der Waals surface area contributed by atoms with Gasteiger partial charge in [0.1, 0.15) is 13.2 Å². The lowest BCUT2D eigenvalue weighted by Crippen LogP contribution is -2.45. The third-order valence-electron chi connectivity index (χ3n) is 14.7. The Balaban J connectivity index is 3.81.